The van der Waals surface area contributed by atoms with Crippen LogP contribution in [-0.2, 0) is 5.41 Å². The average molecular weight is 211 g/mol. The maximum absolute atomic E-state index is 9.45. The quantitative estimate of drug-likeness (QED) is 0.796. The highest BCUT2D eigenvalue weighted by Crippen LogP contribution is 2.45. The van der Waals surface area contributed by atoms with Crippen LogP contribution in [0.15, 0.2) is 18.2 Å². The molecular weight excluding hydrogens is 196 g/mol. The molecule has 0 saturated heterocycles. The topological polar surface area (TPSA) is 20.2 Å². The summed E-state index contributed by atoms with van der Waals surface area (Å²) in [6.07, 6.45) is 3.32. The van der Waals surface area contributed by atoms with E-state index in [9.17, 15) is 5.11 Å². The molecule has 0 heterocycles. The number of rotatable bonds is 2. The molecule has 0 atom stereocenters. The molecule has 1 aromatic carbocycles. The summed E-state index contributed by atoms with van der Waals surface area (Å²) in [4.78, 5) is 0. The molecule has 1 N–H and O–H groups in total. The van der Waals surface area contributed by atoms with Gasteiger partial charge in [0.1, 0.15) is 0 Å². The van der Waals surface area contributed by atoms with Crippen LogP contribution in [0.4, 0.5) is 0 Å². The highest BCUT2D eigenvalue weighted by atomic mass is 35.5. The maximum Gasteiger partial charge on any atom is 0.0528 e. The van der Waals surface area contributed by atoms with E-state index in [1.807, 2.05) is 12.1 Å². The van der Waals surface area contributed by atoms with Crippen LogP contribution < -0.4 is 0 Å². The third-order valence-corrected chi connectivity index (χ3v) is 3.64. The van der Waals surface area contributed by atoms with Gasteiger partial charge in [0.05, 0.1) is 6.61 Å². The number of hydrogen-bond acceptors (Lipinski definition) is 1. The van der Waals surface area contributed by atoms with Gasteiger partial charge < -0.3 is 5.11 Å². The van der Waals surface area contributed by atoms with E-state index in [4.69, 9.17) is 11.6 Å². The van der Waals surface area contributed by atoms with E-state index in [1.165, 1.54) is 12.0 Å². The van der Waals surface area contributed by atoms with Gasteiger partial charge in [0.25, 0.3) is 0 Å². The molecule has 0 radical (unpaired) electrons. The summed E-state index contributed by atoms with van der Waals surface area (Å²) < 4.78 is 0. The lowest BCUT2D eigenvalue weighted by molar-refractivity contribution is 0.120. The first-order chi connectivity index (χ1) is 6.68. The Labute approximate surface area is 89.7 Å². The lowest BCUT2D eigenvalue weighted by atomic mass is 9.65. The minimum atomic E-state index is -0.0386. The molecule has 1 nitrogen and oxygen atoms in total. The molecule has 1 aliphatic carbocycles. The third kappa shape index (κ3) is 1.45. The summed E-state index contributed by atoms with van der Waals surface area (Å²) in [6.45, 7) is 2.28. The lowest BCUT2D eigenvalue weighted by Crippen LogP contribution is -2.38. The average Bonchev–Trinajstić information content (AvgIpc) is 2.10. The predicted molar refractivity (Wildman–Crippen MR) is 58.8 cm³/mol. The van der Waals surface area contributed by atoms with Crippen molar-refractivity contribution in [3.8, 4) is 0 Å². The first kappa shape index (κ1) is 10.0. The van der Waals surface area contributed by atoms with Gasteiger partial charge in [-0.3, -0.25) is 0 Å². The second kappa shape index (κ2) is 3.56. The fourth-order valence-corrected chi connectivity index (χ4v) is 2.48. The molecule has 0 aromatic heterocycles. The molecular formula is C12H15ClO. The van der Waals surface area contributed by atoms with Gasteiger partial charge in [0, 0.05) is 10.4 Å². The minimum absolute atomic E-state index is 0.0386. The Morgan fingerprint density at radius 3 is 2.64 bits per heavy atom. The molecule has 76 valence electrons. The standard InChI is InChI=1S/C12H15ClO/c1-9-3-4-11(13)10(7-9)12(8-14)5-2-6-12/h3-4,7,14H,2,5-6,8H2,1H3. The minimum Gasteiger partial charge on any atom is -0.395 e. The molecule has 1 saturated carbocycles. The first-order valence-corrected chi connectivity index (χ1v) is 5.43. The van der Waals surface area contributed by atoms with Crippen LogP contribution >= 0.6 is 11.6 Å². The predicted octanol–water partition coefficient (Wildman–Crippen LogP) is 3.06. The molecule has 0 bridgehead atoms. The Morgan fingerprint density at radius 2 is 2.14 bits per heavy atom. The van der Waals surface area contributed by atoms with E-state index in [-0.39, 0.29) is 12.0 Å². The summed E-state index contributed by atoms with van der Waals surface area (Å²) in [6, 6.07) is 6.05. The van der Waals surface area contributed by atoms with Crippen LogP contribution in [0.2, 0.25) is 5.02 Å². The van der Waals surface area contributed by atoms with Gasteiger partial charge >= 0.3 is 0 Å². The van der Waals surface area contributed by atoms with Crippen molar-refractivity contribution in [1.29, 1.82) is 0 Å². The van der Waals surface area contributed by atoms with Gasteiger partial charge in [0.15, 0.2) is 0 Å². The summed E-state index contributed by atoms with van der Waals surface area (Å²) in [5, 5.41) is 10.2. The van der Waals surface area contributed by atoms with E-state index < -0.39 is 0 Å². The van der Waals surface area contributed by atoms with Gasteiger partial charge in [-0.2, -0.15) is 0 Å². The number of hydrogen-bond donors (Lipinski definition) is 1. The zero-order valence-electron chi connectivity index (χ0n) is 8.39. The van der Waals surface area contributed by atoms with Crippen molar-refractivity contribution in [2.45, 2.75) is 31.6 Å². The van der Waals surface area contributed by atoms with Crippen LogP contribution in [0, 0.1) is 6.92 Å². The number of aliphatic hydroxyl groups excluding tert-OH is 1. The van der Waals surface area contributed by atoms with E-state index in [2.05, 4.69) is 13.0 Å². The molecule has 1 aromatic rings. The van der Waals surface area contributed by atoms with Crippen molar-refractivity contribution in [2.24, 2.45) is 0 Å². The molecule has 14 heavy (non-hydrogen) atoms. The molecule has 1 aliphatic rings. The summed E-state index contributed by atoms with van der Waals surface area (Å²) >= 11 is 6.16. The highest BCUT2D eigenvalue weighted by molar-refractivity contribution is 6.31. The SMILES string of the molecule is Cc1ccc(Cl)c(C2(CO)CCC2)c1. The fraction of sp³-hybridized carbons (Fsp3) is 0.500. The van der Waals surface area contributed by atoms with Crippen LogP contribution in [0.3, 0.4) is 0 Å². The Balaban J connectivity index is 2.43. The van der Waals surface area contributed by atoms with Gasteiger partial charge in [-0.25, -0.2) is 0 Å². The molecule has 1 fully saturated rings. The summed E-state index contributed by atoms with van der Waals surface area (Å²) in [5.41, 5.74) is 2.31. The van der Waals surface area contributed by atoms with Gasteiger partial charge in [-0.05, 0) is 31.4 Å². The molecule has 2 heteroatoms. The number of aryl methyl sites for hydroxylation is 1. The van der Waals surface area contributed by atoms with Crippen LogP contribution in [0.1, 0.15) is 30.4 Å². The number of halogens is 1. The fourth-order valence-electron chi connectivity index (χ4n) is 2.16. The molecule has 0 amide bonds. The largest absolute Gasteiger partial charge is 0.395 e. The molecule has 0 unspecified atom stereocenters. The Bertz CT molecular complexity index is 337. The van der Waals surface area contributed by atoms with Crippen molar-refractivity contribution < 1.29 is 5.11 Å². The zero-order chi connectivity index (χ0) is 10.2. The highest BCUT2D eigenvalue weighted by Gasteiger charge is 2.39. The van der Waals surface area contributed by atoms with Crippen molar-refractivity contribution in [3.63, 3.8) is 0 Å². The Morgan fingerprint density at radius 1 is 1.43 bits per heavy atom. The second-order valence-corrected chi connectivity index (χ2v) is 4.68. The summed E-state index contributed by atoms with van der Waals surface area (Å²) in [5.74, 6) is 0. The van der Waals surface area contributed by atoms with Crippen molar-refractivity contribution in [3.05, 3.63) is 34.3 Å². The monoisotopic (exact) mass is 210 g/mol. The third-order valence-electron chi connectivity index (χ3n) is 3.31. The smallest absolute Gasteiger partial charge is 0.0528 e. The van der Waals surface area contributed by atoms with Gasteiger partial charge in [-0.1, -0.05) is 35.7 Å². The van der Waals surface area contributed by atoms with Crippen molar-refractivity contribution in [2.75, 3.05) is 6.61 Å². The zero-order valence-corrected chi connectivity index (χ0v) is 9.14. The van der Waals surface area contributed by atoms with Gasteiger partial charge in [-0.15, -0.1) is 0 Å². The molecule has 2 rings (SSSR count). The van der Waals surface area contributed by atoms with E-state index in [1.54, 1.807) is 0 Å². The van der Waals surface area contributed by atoms with E-state index in [0.29, 0.717) is 0 Å². The number of benzene rings is 1. The maximum atomic E-state index is 9.45. The van der Waals surface area contributed by atoms with Crippen LogP contribution in [0.25, 0.3) is 0 Å². The van der Waals surface area contributed by atoms with Gasteiger partial charge in [0.2, 0.25) is 0 Å². The van der Waals surface area contributed by atoms with Crippen molar-refractivity contribution in [1.82, 2.24) is 0 Å². The van der Waals surface area contributed by atoms with Crippen LogP contribution in [-0.4, -0.2) is 11.7 Å². The second-order valence-electron chi connectivity index (χ2n) is 4.28. The first-order valence-electron chi connectivity index (χ1n) is 5.05. The molecule has 0 aliphatic heterocycles. The number of aliphatic hydroxyl groups is 1. The lowest BCUT2D eigenvalue weighted by Gasteiger charge is -2.41. The van der Waals surface area contributed by atoms with Crippen molar-refractivity contribution >= 4 is 11.6 Å². The Kier molecular flexibility index (Phi) is 2.54. The van der Waals surface area contributed by atoms with Crippen LogP contribution in [0.5, 0.6) is 0 Å². The Hall–Kier alpha value is -0.530. The van der Waals surface area contributed by atoms with E-state index >= 15 is 0 Å². The normalized spacial score (nSPS) is 19.1. The summed E-state index contributed by atoms with van der Waals surface area (Å²) in [7, 11) is 0. The molecule has 0 spiro atoms. The van der Waals surface area contributed by atoms with E-state index in [0.717, 1.165) is 23.4 Å².